The van der Waals surface area contributed by atoms with Crippen LogP contribution in [-0.4, -0.2) is 37.2 Å². The van der Waals surface area contributed by atoms with E-state index in [1.54, 1.807) is 17.0 Å². The maximum absolute atomic E-state index is 12.1. The van der Waals surface area contributed by atoms with Gasteiger partial charge in [0, 0.05) is 18.7 Å². The second-order valence-corrected chi connectivity index (χ2v) is 7.30. The van der Waals surface area contributed by atoms with E-state index in [1.807, 2.05) is 6.92 Å². The molecule has 1 aliphatic rings. The predicted octanol–water partition coefficient (Wildman–Crippen LogP) is 1.23. The highest BCUT2D eigenvalue weighted by atomic mass is 32.2. The molecule has 0 unspecified atom stereocenters. The van der Waals surface area contributed by atoms with E-state index in [0.29, 0.717) is 6.42 Å². The second-order valence-electron chi connectivity index (χ2n) is 5.20. The number of anilines is 1. The highest BCUT2D eigenvalue weighted by Gasteiger charge is 2.30. The molecule has 114 valence electrons. The summed E-state index contributed by atoms with van der Waals surface area (Å²) in [5.41, 5.74) is 1.53. The number of rotatable bonds is 4. The molecule has 1 N–H and O–H groups in total. The zero-order valence-corrected chi connectivity index (χ0v) is 12.7. The van der Waals surface area contributed by atoms with Crippen molar-refractivity contribution in [1.82, 2.24) is 0 Å². The summed E-state index contributed by atoms with van der Waals surface area (Å²) < 4.78 is 24.2. The van der Waals surface area contributed by atoms with Crippen LogP contribution in [0.15, 0.2) is 23.1 Å². The lowest BCUT2D eigenvalue weighted by atomic mass is 10.1. The van der Waals surface area contributed by atoms with Crippen molar-refractivity contribution >= 4 is 27.4 Å². The third-order valence-corrected chi connectivity index (χ3v) is 5.26. The highest BCUT2D eigenvalue weighted by molar-refractivity contribution is 7.91. The van der Waals surface area contributed by atoms with Gasteiger partial charge in [0.05, 0.1) is 17.1 Å². The zero-order valence-electron chi connectivity index (χ0n) is 11.9. The van der Waals surface area contributed by atoms with Gasteiger partial charge in [-0.05, 0) is 37.1 Å². The fourth-order valence-corrected chi connectivity index (χ4v) is 3.90. The van der Waals surface area contributed by atoms with Crippen LogP contribution < -0.4 is 4.90 Å². The molecule has 0 saturated carbocycles. The molecule has 0 fully saturated rings. The van der Waals surface area contributed by atoms with E-state index in [0.717, 1.165) is 11.3 Å². The van der Waals surface area contributed by atoms with Crippen molar-refractivity contribution in [2.24, 2.45) is 0 Å². The summed E-state index contributed by atoms with van der Waals surface area (Å²) in [5, 5.41) is 8.60. The van der Waals surface area contributed by atoms with Gasteiger partial charge in [0.25, 0.3) is 0 Å². The fraction of sp³-hybridized carbons (Fsp3) is 0.429. The first kappa shape index (κ1) is 15.5. The molecule has 0 radical (unpaired) electrons. The minimum atomic E-state index is -3.62. The summed E-state index contributed by atoms with van der Waals surface area (Å²) >= 11 is 0. The van der Waals surface area contributed by atoms with Gasteiger partial charge >= 0.3 is 5.97 Å². The van der Waals surface area contributed by atoms with Crippen molar-refractivity contribution in [3.63, 3.8) is 0 Å². The molecule has 0 saturated heterocycles. The molecule has 0 bridgehead atoms. The Balaban J connectivity index is 2.33. The number of aliphatic carboxylic acids is 1. The lowest BCUT2D eigenvalue weighted by Gasteiger charge is -2.20. The van der Waals surface area contributed by atoms with Crippen molar-refractivity contribution < 1.29 is 23.1 Å². The van der Waals surface area contributed by atoms with Crippen LogP contribution in [0, 0.1) is 0 Å². The van der Waals surface area contributed by atoms with E-state index in [9.17, 15) is 18.0 Å². The van der Waals surface area contributed by atoms with Crippen LogP contribution >= 0.6 is 0 Å². The van der Waals surface area contributed by atoms with Crippen molar-refractivity contribution in [2.75, 3.05) is 10.7 Å². The van der Waals surface area contributed by atoms with Crippen molar-refractivity contribution in [3.05, 3.63) is 23.8 Å². The average molecular weight is 311 g/mol. The van der Waals surface area contributed by atoms with Gasteiger partial charge in [-0.25, -0.2) is 8.42 Å². The molecule has 0 spiro atoms. The maximum atomic E-state index is 12.1. The number of benzene rings is 1. The van der Waals surface area contributed by atoms with Gasteiger partial charge < -0.3 is 10.0 Å². The van der Waals surface area contributed by atoms with Gasteiger partial charge in [-0.1, -0.05) is 0 Å². The molecule has 0 aliphatic carbocycles. The molecule has 1 atom stereocenters. The molecular weight excluding hydrogens is 294 g/mol. The summed E-state index contributed by atoms with van der Waals surface area (Å²) in [6, 6.07) is 4.60. The number of carboxylic acids is 1. The third kappa shape index (κ3) is 3.07. The predicted molar refractivity (Wildman–Crippen MR) is 77.1 cm³/mol. The highest BCUT2D eigenvalue weighted by Crippen LogP contribution is 2.34. The van der Waals surface area contributed by atoms with Gasteiger partial charge in [0.2, 0.25) is 5.91 Å². The minimum Gasteiger partial charge on any atom is -0.481 e. The Morgan fingerprint density at radius 2 is 2.05 bits per heavy atom. The number of hydrogen-bond acceptors (Lipinski definition) is 4. The summed E-state index contributed by atoms with van der Waals surface area (Å²) in [6.07, 6.45) is 0.173. The first-order chi connectivity index (χ1) is 9.72. The Hall–Kier alpha value is -1.89. The van der Waals surface area contributed by atoms with Crippen LogP contribution in [0.25, 0.3) is 0 Å². The van der Waals surface area contributed by atoms with Crippen molar-refractivity contribution in [1.29, 1.82) is 0 Å². The van der Waals surface area contributed by atoms with Crippen LogP contribution in [0.4, 0.5) is 5.69 Å². The SMILES string of the molecule is CC(=O)N1c2ccc(S(=O)(=O)CCC(=O)O)cc2C[C@@H]1C. The van der Waals surface area contributed by atoms with Gasteiger partial charge in [-0.15, -0.1) is 0 Å². The van der Waals surface area contributed by atoms with E-state index >= 15 is 0 Å². The van der Waals surface area contributed by atoms with Gasteiger partial charge in [-0.2, -0.15) is 0 Å². The molecule has 1 aliphatic heterocycles. The average Bonchev–Trinajstić information content (AvgIpc) is 2.71. The van der Waals surface area contributed by atoms with Crippen molar-refractivity contribution in [3.8, 4) is 0 Å². The lowest BCUT2D eigenvalue weighted by Crippen LogP contribution is -2.33. The van der Waals surface area contributed by atoms with E-state index in [2.05, 4.69) is 0 Å². The molecule has 0 aromatic heterocycles. The van der Waals surface area contributed by atoms with E-state index < -0.39 is 28.0 Å². The Labute approximate surface area is 123 Å². The zero-order chi connectivity index (χ0) is 15.8. The number of sulfone groups is 1. The molecular formula is C14H17NO5S. The summed E-state index contributed by atoms with van der Waals surface area (Å²) in [4.78, 5) is 23.9. The van der Waals surface area contributed by atoms with Crippen LogP contribution in [0.5, 0.6) is 0 Å². The number of carbonyl (C=O) groups excluding carboxylic acids is 1. The Morgan fingerprint density at radius 1 is 1.38 bits per heavy atom. The number of carboxylic acid groups (broad SMARTS) is 1. The topological polar surface area (TPSA) is 91.8 Å². The first-order valence-electron chi connectivity index (χ1n) is 6.59. The molecule has 1 aromatic rings. The van der Waals surface area contributed by atoms with Gasteiger partial charge in [0.1, 0.15) is 0 Å². The summed E-state index contributed by atoms with van der Waals surface area (Å²) in [6.45, 7) is 3.38. The van der Waals surface area contributed by atoms with Crippen molar-refractivity contribution in [2.45, 2.75) is 37.6 Å². The molecule has 1 heterocycles. The van der Waals surface area contributed by atoms with Crippen LogP contribution in [0.2, 0.25) is 0 Å². The molecule has 1 amide bonds. The van der Waals surface area contributed by atoms with Crippen LogP contribution in [0.3, 0.4) is 0 Å². The monoisotopic (exact) mass is 311 g/mol. The number of carbonyl (C=O) groups is 2. The largest absolute Gasteiger partial charge is 0.481 e. The number of amides is 1. The number of nitrogens with zero attached hydrogens (tertiary/aromatic N) is 1. The van der Waals surface area contributed by atoms with Crippen LogP contribution in [-0.2, 0) is 25.8 Å². The molecule has 1 aromatic carbocycles. The smallest absolute Gasteiger partial charge is 0.304 e. The number of hydrogen-bond donors (Lipinski definition) is 1. The quantitative estimate of drug-likeness (QED) is 0.903. The van der Waals surface area contributed by atoms with E-state index in [1.165, 1.54) is 13.0 Å². The normalized spacial score (nSPS) is 17.6. The molecule has 21 heavy (non-hydrogen) atoms. The maximum Gasteiger partial charge on any atom is 0.304 e. The van der Waals surface area contributed by atoms with E-state index in [4.69, 9.17) is 5.11 Å². The first-order valence-corrected chi connectivity index (χ1v) is 8.25. The molecule has 6 nitrogen and oxygen atoms in total. The number of fused-ring (bicyclic) bond motifs is 1. The lowest BCUT2D eigenvalue weighted by molar-refractivity contribution is -0.136. The second kappa shape index (κ2) is 5.48. The Morgan fingerprint density at radius 3 is 2.62 bits per heavy atom. The van der Waals surface area contributed by atoms with Gasteiger partial charge in [0.15, 0.2) is 9.84 Å². The Bertz CT molecular complexity index is 695. The van der Waals surface area contributed by atoms with Crippen LogP contribution in [0.1, 0.15) is 25.8 Å². The summed E-state index contributed by atoms with van der Waals surface area (Å²) in [7, 11) is -3.62. The molecule has 7 heteroatoms. The third-order valence-electron chi connectivity index (χ3n) is 3.55. The summed E-state index contributed by atoms with van der Waals surface area (Å²) in [5.74, 6) is -1.65. The molecule has 2 rings (SSSR count). The van der Waals surface area contributed by atoms with Gasteiger partial charge in [-0.3, -0.25) is 9.59 Å². The minimum absolute atomic E-state index is 0.00512. The standard InChI is InChI=1S/C14H17NO5S/c1-9-7-11-8-12(21(19,20)6-5-14(17)18)3-4-13(11)15(9)10(2)16/h3-4,8-9H,5-7H2,1-2H3,(H,17,18)/t9-/m0/s1. The fourth-order valence-electron chi connectivity index (χ4n) is 2.62. The van der Waals surface area contributed by atoms with E-state index in [-0.39, 0.29) is 16.8 Å². The Kier molecular flexibility index (Phi) is 4.04.